The number of nitro benzene ring substituents is 1. The summed E-state index contributed by atoms with van der Waals surface area (Å²) in [5, 5.41) is 10.7. The monoisotopic (exact) mass is 227 g/mol. The fourth-order valence-corrected chi connectivity index (χ4v) is 1.52. The highest BCUT2D eigenvalue weighted by molar-refractivity contribution is 5.46. The Morgan fingerprint density at radius 3 is 3.00 bits per heavy atom. The molecule has 0 aliphatic carbocycles. The summed E-state index contributed by atoms with van der Waals surface area (Å²) in [6.45, 7) is 0.946. The van der Waals surface area contributed by atoms with Crippen LogP contribution < -0.4 is 4.74 Å². The number of hydrogen-bond donors (Lipinski definition) is 0. The maximum atomic E-state index is 13.0. The first kappa shape index (κ1) is 10.8. The Kier molecular flexibility index (Phi) is 3.00. The van der Waals surface area contributed by atoms with Gasteiger partial charge in [0.1, 0.15) is 11.9 Å². The second-order valence-corrected chi connectivity index (χ2v) is 3.47. The third kappa shape index (κ3) is 2.27. The molecule has 1 aliphatic heterocycles. The largest absolute Gasteiger partial charge is 0.481 e. The Morgan fingerprint density at radius 1 is 1.56 bits per heavy atom. The van der Waals surface area contributed by atoms with Gasteiger partial charge in [-0.1, -0.05) is 0 Å². The molecule has 0 N–H and O–H groups in total. The molecule has 0 saturated carbocycles. The van der Waals surface area contributed by atoms with E-state index in [4.69, 9.17) is 9.47 Å². The molecule has 2 rings (SSSR count). The van der Waals surface area contributed by atoms with Gasteiger partial charge in [0.15, 0.2) is 5.75 Å². The van der Waals surface area contributed by atoms with Crippen LogP contribution in [0, 0.1) is 15.9 Å². The van der Waals surface area contributed by atoms with Crippen molar-refractivity contribution in [1.29, 1.82) is 0 Å². The van der Waals surface area contributed by atoms with Gasteiger partial charge in [-0.25, -0.2) is 4.39 Å². The van der Waals surface area contributed by atoms with Crippen LogP contribution in [0.1, 0.15) is 6.42 Å². The molecule has 16 heavy (non-hydrogen) atoms. The summed E-state index contributed by atoms with van der Waals surface area (Å²) in [7, 11) is 0. The van der Waals surface area contributed by atoms with Gasteiger partial charge in [-0.05, 0) is 6.07 Å². The first-order valence-corrected chi connectivity index (χ1v) is 4.85. The van der Waals surface area contributed by atoms with Gasteiger partial charge >= 0.3 is 5.69 Å². The SMILES string of the molecule is O=[N+]([O-])c1ccc(F)cc1O[C@H]1CCOC1. The van der Waals surface area contributed by atoms with E-state index >= 15 is 0 Å². The molecule has 1 saturated heterocycles. The van der Waals surface area contributed by atoms with Crippen LogP contribution in [0.5, 0.6) is 5.75 Å². The van der Waals surface area contributed by atoms with E-state index in [1.165, 1.54) is 0 Å². The molecule has 1 aliphatic rings. The quantitative estimate of drug-likeness (QED) is 0.584. The molecule has 0 aromatic heterocycles. The van der Waals surface area contributed by atoms with Crippen molar-refractivity contribution in [3.8, 4) is 5.75 Å². The predicted molar refractivity (Wildman–Crippen MR) is 52.9 cm³/mol. The van der Waals surface area contributed by atoms with E-state index in [9.17, 15) is 14.5 Å². The minimum atomic E-state index is -0.593. The van der Waals surface area contributed by atoms with Crippen molar-refractivity contribution in [2.45, 2.75) is 12.5 Å². The number of ether oxygens (including phenoxy) is 2. The van der Waals surface area contributed by atoms with Crippen molar-refractivity contribution in [3.05, 3.63) is 34.1 Å². The third-order valence-electron chi connectivity index (χ3n) is 2.30. The molecule has 86 valence electrons. The van der Waals surface area contributed by atoms with Gasteiger partial charge in [0.2, 0.25) is 0 Å². The van der Waals surface area contributed by atoms with Crippen molar-refractivity contribution in [1.82, 2.24) is 0 Å². The van der Waals surface area contributed by atoms with Crippen LogP contribution in [0.15, 0.2) is 18.2 Å². The Morgan fingerprint density at radius 2 is 2.38 bits per heavy atom. The number of hydrogen-bond acceptors (Lipinski definition) is 4. The molecule has 0 bridgehead atoms. The van der Waals surface area contributed by atoms with Gasteiger partial charge in [0.05, 0.1) is 18.1 Å². The topological polar surface area (TPSA) is 61.6 Å². The van der Waals surface area contributed by atoms with Gasteiger partial charge in [-0.2, -0.15) is 0 Å². The van der Waals surface area contributed by atoms with E-state index in [1.54, 1.807) is 0 Å². The summed E-state index contributed by atoms with van der Waals surface area (Å²) in [5.41, 5.74) is -0.228. The molecule has 0 amide bonds. The van der Waals surface area contributed by atoms with Crippen molar-refractivity contribution >= 4 is 5.69 Å². The highest BCUT2D eigenvalue weighted by atomic mass is 19.1. The molecule has 1 heterocycles. The minimum absolute atomic E-state index is 0.0412. The Hall–Kier alpha value is -1.69. The van der Waals surface area contributed by atoms with Crippen molar-refractivity contribution < 1.29 is 18.8 Å². The van der Waals surface area contributed by atoms with Crippen molar-refractivity contribution in [2.24, 2.45) is 0 Å². The Bertz CT molecular complexity index is 404. The van der Waals surface area contributed by atoms with Gasteiger partial charge in [-0.3, -0.25) is 10.1 Å². The van der Waals surface area contributed by atoms with Crippen LogP contribution in [0.4, 0.5) is 10.1 Å². The molecule has 1 atom stereocenters. The number of nitro groups is 1. The number of rotatable bonds is 3. The molecule has 5 nitrogen and oxygen atoms in total. The summed E-state index contributed by atoms with van der Waals surface area (Å²) < 4.78 is 23.4. The smallest absolute Gasteiger partial charge is 0.311 e. The van der Waals surface area contributed by atoms with Crippen LogP contribution in [0.2, 0.25) is 0 Å². The summed E-state index contributed by atoms with van der Waals surface area (Å²) in [5.74, 6) is -0.597. The molecule has 0 radical (unpaired) electrons. The van der Waals surface area contributed by atoms with E-state index in [-0.39, 0.29) is 17.5 Å². The number of halogens is 1. The minimum Gasteiger partial charge on any atom is -0.481 e. The lowest BCUT2D eigenvalue weighted by atomic mass is 10.2. The highest BCUT2D eigenvalue weighted by Crippen LogP contribution is 2.29. The normalized spacial score (nSPS) is 19.7. The second-order valence-electron chi connectivity index (χ2n) is 3.47. The summed E-state index contributed by atoms with van der Waals surface area (Å²) in [6.07, 6.45) is 0.425. The molecule has 0 spiro atoms. The van der Waals surface area contributed by atoms with E-state index < -0.39 is 10.7 Å². The van der Waals surface area contributed by atoms with E-state index in [0.717, 1.165) is 18.2 Å². The summed E-state index contributed by atoms with van der Waals surface area (Å²) in [4.78, 5) is 10.1. The van der Waals surface area contributed by atoms with Crippen LogP contribution in [-0.4, -0.2) is 24.2 Å². The fraction of sp³-hybridized carbons (Fsp3) is 0.400. The van der Waals surface area contributed by atoms with Gasteiger partial charge in [0, 0.05) is 18.6 Å². The Labute approximate surface area is 90.9 Å². The molecule has 0 unspecified atom stereocenters. The zero-order valence-corrected chi connectivity index (χ0v) is 8.39. The van der Waals surface area contributed by atoms with Gasteiger partial charge in [-0.15, -0.1) is 0 Å². The Balaban J connectivity index is 2.22. The standard InChI is InChI=1S/C10H10FNO4/c11-7-1-2-9(12(13)14)10(5-7)16-8-3-4-15-6-8/h1-2,5,8H,3-4,6H2/t8-/m0/s1. The van der Waals surface area contributed by atoms with Crippen LogP contribution in [-0.2, 0) is 4.74 Å². The van der Waals surface area contributed by atoms with Gasteiger partial charge in [0.25, 0.3) is 0 Å². The van der Waals surface area contributed by atoms with Crippen LogP contribution in [0.25, 0.3) is 0 Å². The highest BCUT2D eigenvalue weighted by Gasteiger charge is 2.22. The van der Waals surface area contributed by atoms with Gasteiger partial charge < -0.3 is 9.47 Å². The molecule has 1 fully saturated rings. The lowest BCUT2D eigenvalue weighted by molar-refractivity contribution is -0.386. The molecular weight excluding hydrogens is 217 g/mol. The first-order valence-electron chi connectivity index (χ1n) is 4.85. The number of nitrogens with zero attached hydrogens (tertiary/aromatic N) is 1. The fourth-order valence-electron chi connectivity index (χ4n) is 1.52. The van der Waals surface area contributed by atoms with Crippen LogP contribution >= 0.6 is 0 Å². The van der Waals surface area contributed by atoms with Crippen LogP contribution in [0.3, 0.4) is 0 Å². The molecular formula is C10H10FNO4. The van der Waals surface area contributed by atoms with E-state index in [2.05, 4.69) is 0 Å². The van der Waals surface area contributed by atoms with Crippen molar-refractivity contribution in [2.75, 3.05) is 13.2 Å². The first-order chi connectivity index (χ1) is 7.66. The van der Waals surface area contributed by atoms with E-state index in [0.29, 0.717) is 19.6 Å². The lowest BCUT2D eigenvalue weighted by Crippen LogP contribution is -2.16. The molecule has 1 aromatic rings. The summed E-state index contributed by atoms with van der Waals surface area (Å²) >= 11 is 0. The zero-order valence-electron chi connectivity index (χ0n) is 8.39. The maximum absolute atomic E-state index is 13.0. The average molecular weight is 227 g/mol. The predicted octanol–water partition coefficient (Wildman–Crippen LogP) is 1.90. The second kappa shape index (κ2) is 4.44. The summed E-state index contributed by atoms with van der Waals surface area (Å²) in [6, 6.07) is 3.16. The van der Waals surface area contributed by atoms with E-state index in [1.807, 2.05) is 0 Å². The maximum Gasteiger partial charge on any atom is 0.311 e. The van der Waals surface area contributed by atoms with Crippen molar-refractivity contribution in [3.63, 3.8) is 0 Å². The zero-order chi connectivity index (χ0) is 11.5. The third-order valence-corrected chi connectivity index (χ3v) is 2.30. The number of benzene rings is 1. The average Bonchev–Trinajstić information content (AvgIpc) is 2.70. The lowest BCUT2D eigenvalue weighted by Gasteiger charge is -2.11. The molecule has 6 heteroatoms. The molecule has 1 aromatic carbocycles.